The molecule has 6 nitrogen and oxygen atoms in total. The summed E-state index contributed by atoms with van der Waals surface area (Å²) in [7, 11) is 0. The lowest BCUT2D eigenvalue weighted by molar-refractivity contribution is -0.143. The molecule has 0 aromatic carbocycles. The number of nitrogens with one attached hydrogen (secondary N) is 1. The van der Waals surface area contributed by atoms with E-state index in [1.54, 1.807) is 0 Å². The monoisotopic (exact) mass is 1040 g/mol. The summed E-state index contributed by atoms with van der Waals surface area (Å²) in [4.78, 5) is 24.6. The maximum atomic E-state index is 12.5. The molecule has 3 N–H and O–H groups in total. The number of rotatable bonds is 62. The lowest BCUT2D eigenvalue weighted by Crippen LogP contribution is -2.45. The Labute approximate surface area is 462 Å². The Bertz CT molecular complexity index is 1200. The summed E-state index contributed by atoms with van der Waals surface area (Å²) in [5.41, 5.74) is 0. The number of aliphatic hydroxyl groups is 2. The number of carbonyl (C=O) groups is 2. The van der Waals surface area contributed by atoms with Crippen LogP contribution in [-0.2, 0) is 14.3 Å². The molecule has 0 saturated heterocycles. The Morgan fingerprint density at radius 1 is 0.378 bits per heavy atom. The van der Waals surface area contributed by atoms with Gasteiger partial charge in [-0.1, -0.05) is 301 Å². The number of allylic oxidation sites excluding steroid dienone is 6. The molecule has 0 heterocycles. The summed E-state index contributed by atoms with van der Waals surface area (Å²) in [6, 6.07) is -0.542. The molecule has 0 fully saturated rings. The SMILES string of the molecule is CCCCC/C=C\C/C=C\CCCCCCCCCCCC(=O)OCCCCCCCCCCCCCC/C=C\CCCCCCCCCCCCC(=O)NC(CO)C(O)CCCCCCCCCCCCCC. The number of unbranched alkanes of at least 4 members (excludes halogenated alkanes) is 45. The Hall–Kier alpha value is -1.92. The molecule has 1 amide bonds. The van der Waals surface area contributed by atoms with Crippen molar-refractivity contribution in [1.29, 1.82) is 0 Å². The fraction of sp³-hybridized carbons (Fsp3) is 0.882. The highest BCUT2D eigenvalue weighted by molar-refractivity contribution is 5.76. The van der Waals surface area contributed by atoms with Gasteiger partial charge in [-0.3, -0.25) is 9.59 Å². The molecule has 2 atom stereocenters. The zero-order chi connectivity index (χ0) is 53.6. The molecule has 436 valence electrons. The van der Waals surface area contributed by atoms with Crippen LogP contribution in [-0.4, -0.2) is 47.4 Å². The van der Waals surface area contributed by atoms with E-state index in [2.05, 4.69) is 55.6 Å². The van der Waals surface area contributed by atoms with Crippen molar-refractivity contribution in [2.24, 2.45) is 0 Å². The van der Waals surface area contributed by atoms with E-state index in [0.717, 1.165) is 51.4 Å². The van der Waals surface area contributed by atoms with Crippen molar-refractivity contribution < 1.29 is 24.5 Å². The minimum Gasteiger partial charge on any atom is -0.466 e. The first kappa shape index (κ1) is 72.1. The lowest BCUT2D eigenvalue weighted by Gasteiger charge is -2.22. The average molecular weight is 1040 g/mol. The van der Waals surface area contributed by atoms with E-state index in [4.69, 9.17) is 4.74 Å². The van der Waals surface area contributed by atoms with Gasteiger partial charge in [-0.15, -0.1) is 0 Å². The van der Waals surface area contributed by atoms with Crippen LogP contribution in [0.25, 0.3) is 0 Å². The number of hydrogen-bond acceptors (Lipinski definition) is 5. The van der Waals surface area contributed by atoms with Crippen molar-refractivity contribution in [1.82, 2.24) is 5.32 Å². The number of amides is 1. The molecule has 0 saturated carbocycles. The van der Waals surface area contributed by atoms with Crippen LogP contribution in [0, 0.1) is 0 Å². The minimum atomic E-state index is -0.664. The number of carbonyl (C=O) groups excluding carboxylic acids is 2. The molecule has 6 heteroatoms. The number of ether oxygens (including phenoxy) is 1. The van der Waals surface area contributed by atoms with Gasteiger partial charge < -0.3 is 20.3 Å². The van der Waals surface area contributed by atoms with Gasteiger partial charge in [-0.05, 0) is 83.5 Å². The molecule has 0 aromatic heterocycles. The Balaban J connectivity index is 3.36. The van der Waals surface area contributed by atoms with Crippen LogP contribution in [0.2, 0.25) is 0 Å². The van der Waals surface area contributed by atoms with Gasteiger partial charge >= 0.3 is 5.97 Å². The Morgan fingerprint density at radius 2 is 0.676 bits per heavy atom. The Morgan fingerprint density at radius 3 is 1.07 bits per heavy atom. The highest BCUT2D eigenvalue weighted by Gasteiger charge is 2.20. The van der Waals surface area contributed by atoms with Crippen molar-refractivity contribution in [3.05, 3.63) is 36.5 Å². The van der Waals surface area contributed by atoms with E-state index >= 15 is 0 Å². The van der Waals surface area contributed by atoms with Gasteiger partial charge in [0.05, 0.1) is 25.4 Å². The topological polar surface area (TPSA) is 95.9 Å². The summed E-state index contributed by atoms with van der Waals surface area (Å²) >= 11 is 0. The fourth-order valence-corrected chi connectivity index (χ4v) is 10.3. The van der Waals surface area contributed by atoms with E-state index in [1.165, 1.54) is 276 Å². The van der Waals surface area contributed by atoms with Crippen LogP contribution in [0.5, 0.6) is 0 Å². The maximum absolute atomic E-state index is 12.5. The number of esters is 1. The van der Waals surface area contributed by atoms with Gasteiger partial charge in [0.25, 0.3) is 0 Å². The minimum absolute atomic E-state index is 0.0108. The van der Waals surface area contributed by atoms with Gasteiger partial charge in [-0.25, -0.2) is 0 Å². The molecule has 74 heavy (non-hydrogen) atoms. The highest BCUT2D eigenvalue weighted by atomic mass is 16.5. The normalized spacial score (nSPS) is 12.8. The summed E-state index contributed by atoms with van der Waals surface area (Å²) < 4.78 is 5.50. The summed E-state index contributed by atoms with van der Waals surface area (Å²) in [6.45, 7) is 4.94. The van der Waals surface area contributed by atoms with Crippen molar-refractivity contribution in [3.63, 3.8) is 0 Å². The van der Waals surface area contributed by atoms with Gasteiger partial charge in [-0.2, -0.15) is 0 Å². The number of hydrogen-bond donors (Lipinski definition) is 3. The largest absolute Gasteiger partial charge is 0.466 e. The van der Waals surface area contributed by atoms with Crippen LogP contribution in [0.15, 0.2) is 36.5 Å². The van der Waals surface area contributed by atoms with Gasteiger partial charge in [0.15, 0.2) is 0 Å². The zero-order valence-corrected chi connectivity index (χ0v) is 49.8. The number of aliphatic hydroxyl groups excluding tert-OH is 2. The molecule has 0 aromatic rings. The van der Waals surface area contributed by atoms with Crippen molar-refractivity contribution >= 4 is 11.9 Å². The van der Waals surface area contributed by atoms with Crippen LogP contribution < -0.4 is 5.32 Å². The van der Waals surface area contributed by atoms with Crippen molar-refractivity contribution in [2.75, 3.05) is 13.2 Å². The van der Waals surface area contributed by atoms with E-state index in [0.29, 0.717) is 25.9 Å². The lowest BCUT2D eigenvalue weighted by atomic mass is 10.0. The van der Waals surface area contributed by atoms with E-state index < -0.39 is 12.1 Å². The fourth-order valence-electron chi connectivity index (χ4n) is 10.3. The molecular weight excluding hydrogens is 911 g/mol. The van der Waals surface area contributed by atoms with Gasteiger partial charge in [0.1, 0.15) is 0 Å². The third-order valence-corrected chi connectivity index (χ3v) is 15.4. The molecule has 0 aliphatic rings. The molecule has 2 unspecified atom stereocenters. The first-order valence-electron chi connectivity index (χ1n) is 33.2. The predicted octanol–water partition coefficient (Wildman–Crippen LogP) is 21.1. The van der Waals surface area contributed by atoms with Crippen LogP contribution >= 0.6 is 0 Å². The average Bonchev–Trinajstić information content (AvgIpc) is 3.40. The summed E-state index contributed by atoms with van der Waals surface area (Å²) in [5, 5.41) is 23.2. The second-order valence-corrected chi connectivity index (χ2v) is 22.8. The third kappa shape index (κ3) is 59.3. The van der Waals surface area contributed by atoms with Crippen LogP contribution in [0.3, 0.4) is 0 Å². The highest BCUT2D eigenvalue weighted by Crippen LogP contribution is 2.18. The third-order valence-electron chi connectivity index (χ3n) is 15.4. The van der Waals surface area contributed by atoms with E-state index in [9.17, 15) is 19.8 Å². The van der Waals surface area contributed by atoms with Gasteiger partial charge in [0, 0.05) is 12.8 Å². The maximum Gasteiger partial charge on any atom is 0.305 e. The molecular formula is C68H129NO5. The van der Waals surface area contributed by atoms with Crippen LogP contribution in [0.4, 0.5) is 0 Å². The van der Waals surface area contributed by atoms with Crippen LogP contribution in [0.1, 0.15) is 361 Å². The molecule has 0 spiro atoms. The summed E-state index contributed by atoms with van der Waals surface area (Å²) in [6.07, 6.45) is 80.3. The predicted molar refractivity (Wildman–Crippen MR) is 324 cm³/mol. The Kier molecular flexibility index (Phi) is 62.0. The second-order valence-electron chi connectivity index (χ2n) is 22.8. The smallest absolute Gasteiger partial charge is 0.305 e. The molecule has 0 aliphatic carbocycles. The summed E-state index contributed by atoms with van der Waals surface area (Å²) in [5.74, 6) is -0.0255. The molecule has 0 aliphatic heterocycles. The van der Waals surface area contributed by atoms with Crippen molar-refractivity contribution in [3.8, 4) is 0 Å². The van der Waals surface area contributed by atoms with Gasteiger partial charge in [0.2, 0.25) is 5.91 Å². The second kappa shape index (κ2) is 63.6. The van der Waals surface area contributed by atoms with E-state index in [-0.39, 0.29) is 18.5 Å². The molecule has 0 rings (SSSR count). The molecule has 0 bridgehead atoms. The zero-order valence-electron chi connectivity index (χ0n) is 49.8. The first-order valence-corrected chi connectivity index (χ1v) is 33.2. The van der Waals surface area contributed by atoms with Crippen molar-refractivity contribution in [2.45, 2.75) is 373 Å². The van der Waals surface area contributed by atoms with E-state index in [1.807, 2.05) is 0 Å². The quantitative estimate of drug-likeness (QED) is 0.0320. The standard InChI is InChI=1S/C68H129NO5/c1-3-5-7-9-11-13-15-17-18-19-28-32-35-38-42-46-50-54-58-62-68(73)74-63-59-55-51-47-43-39-36-33-30-27-25-23-21-20-22-24-26-29-31-34-37-41-45-49-53-57-61-67(72)69-65(64-70)66(71)60-56-52-48-44-40-16-14-12-10-8-6-4-2/h11,13,17-18,20,22,65-66,70-71H,3-10,12,14-16,19,21,23-64H2,1-2H3,(H,69,72)/b13-11-,18-17-,22-20-. The first-order chi connectivity index (χ1) is 36.5. The molecule has 0 radical (unpaired) electrons.